The molecule has 2 nitrogen and oxygen atoms in total. The third-order valence-electron chi connectivity index (χ3n) is 3.68. The van der Waals surface area contributed by atoms with Gasteiger partial charge in [0.05, 0.1) is 0 Å². The molecule has 2 N–H and O–H groups in total. The summed E-state index contributed by atoms with van der Waals surface area (Å²) in [6.07, 6.45) is 3.27. The van der Waals surface area contributed by atoms with Gasteiger partial charge in [-0.15, -0.1) is 11.3 Å². The Morgan fingerprint density at radius 2 is 2.44 bits per heavy atom. The fraction of sp³-hybridized carbons (Fsp3) is 0.692. The van der Waals surface area contributed by atoms with Crippen LogP contribution in [0.4, 0.5) is 0 Å². The minimum atomic E-state index is -0.325. The Bertz CT molecular complexity index is 336. The molecule has 2 rings (SSSR count). The van der Waals surface area contributed by atoms with Gasteiger partial charge in [-0.25, -0.2) is 0 Å². The molecular weight excluding hydrogens is 218 g/mol. The maximum absolute atomic E-state index is 10.4. The van der Waals surface area contributed by atoms with Crippen molar-refractivity contribution in [2.75, 3.05) is 6.54 Å². The van der Waals surface area contributed by atoms with Crippen LogP contribution in [0, 0.1) is 12.8 Å². The summed E-state index contributed by atoms with van der Waals surface area (Å²) in [5, 5.41) is 15.9. The molecule has 1 aromatic heterocycles. The van der Waals surface area contributed by atoms with Gasteiger partial charge in [-0.3, -0.25) is 0 Å². The summed E-state index contributed by atoms with van der Waals surface area (Å²) in [6, 6.07) is 2.33. The lowest BCUT2D eigenvalue weighted by atomic mass is 9.87. The van der Waals surface area contributed by atoms with Crippen molar-refractivity contribution >= 4 is 11.3 Å². The number of piperidine rings is 1. The number of aliphatic hydroxyl groups excluding tert-OH is 1. The topological polar surface area (TPSA) is 32.3 Å². The molecule has 2 heterocycles. The van der Waals surface area contributed by atoms with E-state index in [2.05, 4.69) is 30.6 Å². The van der Waals surface area contributed by atoms with Gasteiger partial charge in [0.15, 0.2) is 0 Å². The molecule has 0 amide bonds. The van der Waals surface area contributed by atoms with E-state index in [1.54, 1.807) is 11.3 Å². The van der Waals surface area contributed by atoms with E-state index in [9.17, 15) is 5.11 Å². The average Bonchev–Trinajstić information content (AvgIpc) is 2.74. The Kier molecular flexibility index (Phi) is 4.00. The first-order valence-electron chi connectivity index (χ1n) is 6.17. The second-order valence-corrected chi connectivity index (χ2v) is 5.72. The molecule has 16 heavy (non-hydrogen) atoms. The van der Waals surface area contributed by atoms with Crippen molar-refractivity contribution in [1.29, 1.82) is 0 Å². The average molecular weight is 239 g/mol. The van der Waals surface area contributed by atoms with Gasteiger partial charge in [-0.2, -0.15) is 0 Å². The number of nitrogens with one attached hydrogen (secondary N) is 1. The molecule has 0 radical (unpaired) electrons. The van der Waals surface area contributed by atoms with Crippen molar-refractivity contribution in [2.45, 2.75) is 45.3 Å². The maximum Gasteiger partial charge on any atom is 0.104 e. The van der Waals surface area contributed by atoms with Crippen molar-refractivity contribution in [3.05, 3.63) is 21.9 Å². The fourth-order valence-corrected chi connectivity index (χ4v) is 3.49. The van der Waals surface area contributed by atoms with E-state index < -0.39 is 0 Å². The predicted octanol–water partition coefficient (Wildman–Crippen LogP) is 2.87. The van der Waals surface area contributed by atoms with Crippen molar-refractivity contribution in [1.82, 2.24) is 5.32 Å². The first kappa shape index (κ1) is 12.1. The van der Waals surface area contributed by atoms with Crippen LogP contribution in [0.3, 0.4) is 0 Å². The molecule has 1 fully saturated rings. The molecule has 1 aliphatic heterocycles. The Morgan fingerprint density at radius 3 is 3.06 bits per heavy atom. The van der Waals surface area contributed by atoms with Crippen LogP contribution >= 0.6 is 11.3 Å². The van der Waals surface area contributed by atoms with Crippen molar-refractivity contribution < 1.29 is 5.11 Å². The van der Waals surface area contributed by atoms with Gasteiger partial charge in [0.25, 0.3) is 0 Å². The summed E-state index contributed by atoms with van der Waals surface area (Å²) in [5.74, 6) is 0.779. The molecule has 90 valence electrons. The van der Waals surface area contributed by atoms with Crippen molar-refractivity contribution in [2.24, 2.45) is 5.92 Å². The highest BCUT2D eigenvalue weighted by Gasteiger charge is 2.28. The van der Waals surface area contributed by atoms with Crippen LogP contribution in [-0.4, -0.2) is 17.7 Å². The van der Waals surface area contributed by atoms with Gasteiger partial charge < -0.3 is 10.4 Å². The van der Waals surface area contributed by atoms with Gasteiger partial charge in [-0.1, -0.05) is 13.3 Å². The molecular formula is C13H21NOS. The van der Waals surface area contributed by atoms with E-state index in [0.717, 1.165) is 23.8 Å². The van der Waals surface area contributed by atoms with E-state index >= 15 is 0 Å². The third kappa shape index (κ3) is 2.47. The first-order valence-corrected chi connectivity index (χ1v) is 7.05. The largest absolute Gasteiger partial charge is 0.386 e. The molecule has 3 heteroatoms. The summed E-state index contributed by atoms with van der Waals surface area (Å²) >= 11 is 1.67. The zero-order valence-electron chi connectivity index (χ0n) is 10.1. The molecule has 1 saturated heterocycles. The minimum Gasteiger partial charge on any atom is -0.386 e. The molecule has 1 aliphatic rings. The van der Waals surface area contributed by atoms with Crippen LogP contribution in [0.1, 0.15) is 42.7 Å². The minimum absolute atomic E-state index is 0.246. The van der Waals surface area contributed by atoms with Gasteiger partial charge in [0.2, 0.25) is 0 Å². The molecule has 0 saturated carbocycles. The third-order valence-corrected chi connectivity index (χ3v) is 4.76. The van der Waals surface area contributed by atoms with Crippen molar-refractivity contribution in [3.8, 4) is 0 Å². The molecule has 1 aromatic rings. The summed E-state index contributed by atoms with van der Waals surface area (Å²) < 4.78 is 0. The highest BCUT2D eigenvalue weighted by Crippen LogP contribution is 2.31. The highest BCUT2D eigenvalue weighted by atomic mass is 32.1. The summed E-state index contributed by atoms with van der Waals surface area (Å²) in [4.78, 5) is 1.13. The quantitative estimate of drug-likeness (QED) is 0.850. The Labute approximate surface area is 102 Å². The monoisotopic (exact) mass is 239 g/mol. The molecule has 3 unspecified atom stereocenters. The lowest BCUT2D eigenvalue weighted by molar-refractivity contribution is 0.100. The molecule has 0 bridgehead atoms. The molecule has 3 atom stereocenters. The van der Waals surface area contributed by atoms with Crippen molar-refractivity contribution in [3.63, 3.8) is 0 Å². The molecule has 0 aromatic carbocycles. The Morgan fingerprint density at radius 1 is 1.62 bits per heavy atom. The van der Waals surface area contributed by atoms with Crippen LogP contribution in [0.2, 0.25) is 0 Å². The van der Waals surface area contributed by atoms with Crippen LogP contribution in [0.15, 0.2) is 11.4 Å². The molecule has 0 spiro atoms. The molecule has 0 aliphatic carbocycles. The van der Waals surface area contributed by atoms with E-state index in [1.807, 2.05) is 0 Å². The Balaban J connectivity index is 2.04. The Hall–Kier alpha value is -0.380. The van der Waals surface area contributed by atoms with Crippen LogP contribution in [0.5, 0.6) is 0 Å². The number of aryl methyl sites for hydroxylation is 1. The van der Waals surface area contributed by atoms with Crippen LogP contribution < -0.4 is 5.32 Å². The summed E-state index contributed by atoms with van der Waals surface area (Å²) in [6.45, 7) is 5.37. The van der Waals surface area contributed by atoms with E-state index in [4.69, 9.17) is 0 Å². The number of thiophene rings is 1. The zero-order chi connectivity index (χ0) is 11.5. The highest BCUT2D eigenvalue weighted by molar-refractivity contribution is 7.10. The van der Waals surface area contributed by atoms with Gasteiger partial charge in [0, 0.05) is 10.9 Å². The first-order chi connectivity index (χ1) is 7.72. The number of hydrogen-bond acceptors (Lipinski definition) is 3. The predicted molar refractivity (Wildman–Crippen MR) is 68.8 cm³/mol. The van der Waals surface area contributed by atoms with Gasteiger partial charge in [-0.05, 0) is 49.2 Å². The lowest BCUT2D eigenvalue weighted by Crippen LogP contribution is -2.41. The smallest absolute Gasteiger partial charge is 0.104 e. The lowest BCUT2D eigenvalue weighted by Gasteiger charge is -2.32. The standard InChI is InChI=1S/C13H21NOS/c1-3-10-4-6-14-11(8-10)12(15)13-9(2)5-7-16-13/h5,7,10-12,14-15H,3-4,6,8H2,1-2H3. The maximum atomic E-state index is 10.4. The fourth-order valence-electron chi connectivity index (χ4n) is 2.51. The summed E-state index contributed by atoms with van der Waals surface area (Å²) in [5.41, 5.74) is 1.22. The second-order valence-electron chi connectivity index (χ2n) is 4.77. The van der Waals surface area contributed by atoms with E-state index in [-0.39, 0.29) is 12.1 Å². The SMILES string of the molecule is CCC1CCNC(C(O)c2sccc2C)C1. The van der Waals surface area contributed by atoms with E-state index in [1.165, 1.54) is 18.4 Å². The van der Waals surface area contributed by atoms with Crippen LogP contribution in [-0.2, 0) is 0 Å². The normalized spacial score (nSPS) is 27.9. The summed E-state index contributed by atoms with van der Waals surface area (Å²) in [7, 11) is 0. The second kappa shape index (κ2) is 5.30. The zero-order valence-corrected chi connectivity index (χ0v) is 10.9. The number of hydrogen-bond donors (Lipinski definition) is 2. The van der Waals surface area contributed by atoms with Gasteiger partial charge >= 0.3 is 0 Å². The number of rotatable bonds is 3. The van der Waals surface area contributed by atoms with E-state index in [0.29, 0.717) is 0 Å². The number of aliphatic hydroxyl groups is 1. The van der Waals surface area contributed by atoms with Crippen LogP contribution in [0.25, 0.3) is 0 Å². The van der Waals surface area contributed by atoms with Gasteiger partial charge in [0.1, 0.15) is 6.10 Å².